The highest BCUT2D eigenvalue weighted by Crippen LogP contribution is 2.18. The molecule has 2 rings (SSSR count). The van der Waals surface area contributed by atoms with Crippen LogP contribution in [0.3, 0.4) is 0 Å². The largest absolute Gasteiger partial charge is 0.353 e. The normalized spacial score (nSPS) is 16.7. The van der Waals surface area contributed by atoms with Crippen molar-refractivity contribution in [3.05, 3.63) is 29.8 Å². The molecular formula is C14H18F2N2O3S. The van der Waals surface area contributed by atoms with Crippen LogP contribution in [0.5, 0.6) is 0 Å². The molecule has 5 nitrogen and oxygen atoms in total. The zero-order valence-electron chi connectivity index (χ0n) is 11.9. The Kier molecular flexibility index (Phi) is 5.47. The molecular weight excluding hydrogens is 314 g/mol. The molecule has 0 bridgehead atoms. The molecule has 0 spiro atoms. The number of hydrogen-bond donors (Lipinski definition) is 2. The topological polar surface area (TPSA) is 75.3 Å². The molecule has 1 amide bonds. The molecule has 2 N–H and O–H groups in total. The predicted molar refractivity (Wildman–Crippen MR) is 77.4 cm³/mol. The van der Waals surface area contributed by atoms with Gasteiger partial charge < -0.3 is 10.6 Å². The highest BCUT2D eigenvalue weighted by molar-refractivity contribution is 7.91. The van der Waals surface area contributed by atoms with Gasteiger partial charge in [-0.2, -0.15) is 8.78 Å². The summed E-state index contributed by atoms with van der Waals surface area (Å²) in [5.41, 5.74) is 0.583. The van der Waals surface area contributed by atoms with Crippen molar-refractivity contribution in [2.45, 2.75) is 36.0 Å². The highest BCUT2D eigenvalue weighted by atomic mass is 32.2. The Morgan fingerprint density at radius 2 is 1.82 bits per heavy atom. The van der Waals surface area contributed by atoms with Gasteiger partial charge in [-0.3, -0.25) is 4.79 Å². The first kappa shape index (κ1) is 16.8. The summed E-state index contributed by atoms with van der Waals surface area (Å²) in [6.07, 6.45) is 1.84. The third-order valence-corrected chi connectivity index (χ3v) is 4.95. The van der Waals surface area contributed by atoms with E-state index < -0.39 is 20.5 Å². The molecule has 1 aromatic carbocycles. The van der Waals surface area contributed by atoms with Crippen molar-refractivity contribution in [1.82, 2.24) is 10.6 Å². The average Bonchev–Trinajstić information content (AvgIpc) is 2.48. The summed E-state index contributed by atoms with van der Waals surface area (Å²) >= 11 is 0. The standard InChI is InChI=1S/C14H18F2N2O3S/c15-14(16)22(20,21)12-3-1-10(2-4-12)9-13(19)18-11-5-7-17-8-6-11/h1-4,11,14,17H,5-9H2,(H,18,19). The molecule has 1 saturated heterocycles. The Morgan fingerprint density at radius 1 is 1.23 bits per heavy atom. The number of nitrogens with one attached hydrogen (secondary N) is 2. The Labute approximate surface area is 128 Å². The van der Waals surface area contributed by atoms with Gasteiger partial charge in [0.2, 0.25) is 15.7 Å². The van der Waals surface area contributed by atoms with Crippen LogP contribution in [0.1, 0.15) is 18.4 Å². The second kappa shape index (κ2) is 7.15. The van der Waals surface area contributed by atoms with Crippen LogP contribution in [0.4, 0.5) is 8.78 Å². The maximum atomic E-state index is 12.4. The second-order valence-electron chi connectivity index (χ2n) is 5.22. The molecule has 0 radical (unpaired) electrons. The van der Waals surface area contributed by atoms with Crippen molar-refractivity contribution < 1.29 is 22.0 Å². The fourth-order valence-corrected chi connectivity index (χ4v) is 3.05. The summed E-state index contributed by atoms with van der Waals surface area (Å²) in [5, 5.41) is 6.11. The summed E-state index contributed by atoms with van der Waals surface area (Å²) in [6.45, 7) is 1.73. The lowest BCUT2D eigenvalue weighted by atomic mass is 10.1. The number of benzene rings is 1. The van der Waals surface area contributed by atoms with E-state index in [1.165, 1.54) is 12.1 Å². The third kappa shape index (κ3) is 4.23. The molecule has 1 heterocycles. The monoisotopic (exact) mass is 332 g/mol. The van der Waals surface area contributed by atoms with Crippen LogP contribution < -0.4 is 10.6 Å². The van der Waals surface area contributed by atoms with Gasteiger partial charge in [0.15, 0.2) is 0 Å². The third-order valence-electron chi connectivity index (χ3n) is 3.56. The molecule has 122 valence electrons. The van der Waals surface area contributed by atoms with Gasteiger partial charge in [0.1, 0.15) is 0 Å². The Bertz CT molecular complexity index is 611. The zero-order valence-corrected chi connectivity index (χ0v) is 12.7. The van der Waals surface area contributed by atoms with E-state index in [2.05, 4.69) is 10.6 Å². The predicted octanol–water partition coefficient (Wildman–Crippen LogP) is 1.09. The van der Waals surface area contributed by atoms with Crippen molar-refractivity contribution >= 4 is 15.7 Å². The molecule has 0 saturated carbocycles. The fraction of sp³-hybridized carbons (Fsp3) is 0.500. The molecule has 0 atom stereocenters. The van der Waals surface area contributed by atoms with E-state index in [1.807, 2.05) is 0 Å². The van der Waals surface area contributed by atoms with Crippen molar-refractivity contribution in [1.29, 1.82) is 0 Å². The summed E-state index contributed by atoms with van der Waals surface area (Å²) in [4.78, 5) is 11.5. The maximum absolute atomic E-state index is 12.4. The first-order valence-electron chi connectivity index (χ1n) is 7.00. The Morgan fingerprint density at radius 3 is 2.36 bits per heavy atom. The number of sulfone groups is 1. The molecule has 1 aliphatic rings. The van der Waals surface area contributed by atoms with E-state index in [-0.39, 0.29) is 18.4 Å². The molecule has 1 aromatic rings. The smallest absolute Gasteiger partial charge is 0.341 e. The zero-order chi connectivity index (χ0) is 16.2. The summed E-state index contributed by atoms with van der Waals surface area (Å²) in [5.74, 6) is -3.60. The quantitative estimate of drug-likeness (QED) is 0.846. The van der Waals surface area contributed by atoms with E-state index in [1.54, 1.807) is 0 Å². The van der Waals surface area contributed by atoms with Crippen LogP contribution >= 0.6 is 0 Å². The molecule has 1 fully saturated rings. The Balaban J connectivity index is 1.95. The highest BCUT2D eigenvalue weighted by Gasteiger charge is 2.26. The number of hydrogen-bond acceptors (Lipinski definition) is 4. The minimum Gasteiger partial charge on any atom is -0.353 e. The van der Waals surface area contributed by atoms with Crippen molar-refractivity contribution in [3.8, 4) is 0 Å². The number of alkyl halides is 2. The van der Waals surface area contributed by atoms with Crippen molar-refractivity contribution in [2.24, 2.45) is 0 Å². The second-order valence-corrected chi connectivity index (χ2v) is 7.14. The van der Waals surface area contributed by atoms with Crippen LogP contribution in [-0.2, 0) is 21.1 Å². The minimum absolute atomic E-state index is 0.0962. The van der Waals surface area contributed by atoms with Gasteiger partial charge in [0.05, 0.1) is 11.3 Å². The number of carbonyl (C=O) groups excluding carboxylic acids is 1. The van der Waals surface area contributed by atoms with Gasteiger partial charge in [0, 0.05) is 6.04 Å². The van der Waals surface area contributed by atoms with Crippen molar-refractivity contribution in [2.75, 3.05) is 13.1 Å². The first-order chi connectivity index (χ1) is 10.4. The van der Waals surface area contributed by atoms with Gasteiger partial charge in [0.25, 0.3) is 0 Å². The van der Waals surface area contributed by atoms with Gasteiger partial charge in [-0.25, -0.2) is 8.42 Å². The number of halogens is 2. The average molecular weight is 332 g/mol. The minimum atomic E-state index is -4.59. The van der Waals surface area contributed by atoms with Crippen LogP contribution in [-0.4, -0.2) is 39.2 Å². The molecule has 0 aliphatic carbocycles. The summed E-state index contributed by atoms with van der Waals surface area (Å²) in [7, 11) is -4.59. The molecule has 0 unspecified atom stereocenters. The van der Waals surface area contributed by atoms with E-state index >= 15 is 0 Å². The number of rotatable bonds is 5. The van der Waals surface area contributed by atoms with Crippen LogP contribution in [0.2, 0.25) is 0 Å². The van der Waals surface area contributed by atoms with Gasteiger partial charge in [-0.05, 0) is 43.6 Å². The summed E-state index contributed by atoms with van der Waals surface area (Å²) < 4.78 is 47.4. The molecule has 8 heteroatoms. The van der Waals surface area contributed by atoms with E-state index in [4.69, 9.17) is 0 Å². The summed E-state index contributed by atoms with van der Waals surface area (Å²) in [6, 6.07) is 5.13. The molecule has 0 aromatic heterocycles. The fourth-order valence-electron chi connectivity index (χ4n) is 2.33. The van der Waals surface area contributed by atoms with E-state index in [0.29, 0.717) is 5.56 Å². The van der Waals surface area contributed by atoms with E-state index in [9.17, 15) is 22.0 Å². The van der Waals surface area contributed by atoms with Crippen molar-refractivity contribution in [3.63, 3.8) is 0 Å². The van der Waals surface area contributed by atoms with Crippen LogP contribution in [0.15, 0.2) is 29.2 Å². The lowest BCUT2D eigenvalue weighted by Gasteiger charge is -2.23. The SMILES string of the molecule is O=C(Cc1ccc(S(=O)(=O)C(F)F)cc1)NC1CCNCC1. The number of amides is 1. The first-order valence-corrected chi connectivity index (χ1v) is 8.55. The van der Waals surface area contributed by atoms with Gasteiger partial charge >= 0.3 is 5.76 Å². The Hall–Kier alpha value is -1.54. The lowest BCUT2D eigenvalue weighted by Crippen LogP contribution is -2.43. The van der Waals surface area contributed by atoms with E-state index in [0.717, 1.165) is 38.1 Å². The van der Waals surface area contributed by atoms with Gasteiger partial charge in [-0.15, -0.1) is 0 Å². The lowest BCUT2D eigenvalue weighted by molar-refractivity contribution is -0.121. The maximum Gasteiger partial charge on any atom is 0.341 e. The molecule has 1 aliphatic heterocycles. The van der Waals surface area contributed by atoms with Crippen LogP contribution in [0.25, 0.3) is 0 Å². The van der Waals surface area contributed by atoms with Gasteiger partial charge in [-0.1, -0.05) is 12.1 Å². The number of carbonyl (C=O) groups is 1. The molecule has 22 heavy (non-hydrogen) atoms. The van der Waals surface area contributed by atoms with Crippen LogP contribution in [0, 0.1) is 0 Å². The number of piperidine rings is 1.